The monoisotopic (exact) mass is 343 g/mol. The van der Waals surface area contributed by atoms with Gasteiger partial charge in [0.05, 0.1) is 6.61 Å². The van der Waals surface area contributed by atoms with Gasteiger partial charge in [0.25, 0.3) is 0 Å². The lowest BCUT2D eigenvalue weighted by atomic mass is 10.2. The lowest BCUT2D eigenvalue weighted by molar-refractivity contribution is 0.146. The van der Waals surface area contributed by atoms with E-state index in [4.69, 9.17) is 14.2 Å². The molecule has 0 saturated carbocycles. The van der Waals surface area contributed by atoms with Gasteiger partial charge in [0.1, 0.15) is 0 Å². The van der Waals surface area contributed by atoms with Gasteiger partial charge in [-0.2, -0.15) is 0 Å². The highest BCUT2D eigenvalue weighted by Gasteiger charge is 2.17. The van der Waals surface area contributed by atoms with E-state index in [-0.39, 0.29) is 12.8 Å². The summed E-state index contributed by atoms with van der Waals surface area (Å²) in [6.07, 6.45) is 3.41. The zero-order chi connectivity index (χ0) is 17.5. The lowest BCUT2D eigenvalue weighted by Gasteiger charge is -2.23. The number of hydrogen-bond donors (Lipinski definition) is 1. The number of carbonyl (C=O) groups is 1. The average molecular weight is 343 g/mol. The van der Waals surface area contributed by atoms with Crippen molar-refractivity contribution in [2.24, 2.45) is 0 Å². The largest absolute Gasteiger partial charge is 0.454 e. The van der Waals surface area contributed by atoms with E-state index in [2.05, 4.69) is 10.3 Å². The van der Waals surface area contributed by atoms with E-state index in [0.29, 0.717) is 32.0 Å². The molecule has 7 nitrogen and oxygen atoms in total. The minimum Gasteiger partial charge on any atom is -0.454 e. The molecular formula is C18H21N3O4. The number of aromatic nitrogens is 1. The Hall–Kier alpha value is -2.80. The van der Waals surface area contributed by atoms with Crippen LogP contribution in [0.15, 0.2) is 42.7 Å². The van der Waals surface area contributed by atoms with E-state index >= 15 is 0 Å². The van der Waals surface area contributed by atoms with Crippen LogP contribution in [0.4, 0.5) is 4.79 Å². The summed E-state index contributed by atoms with van der Waals surface area (Å²) in [7, 11) is 1.62. The van der Waals surface area contributed by atoms with Crippen molar-refractivity contribution < 1.29 is 19.0 Å². The van der Waals surface area contributed by atoms with Crippen molar-refractivity contribution in [3.8, 4) is 11.5 Å². The zero-order valence-electron chi connectivity index (χ0n) is 14.1. The number of methoxy groups -OCH3 is 1. The Kier molecular flexibility index (Phi) is 5.69. The maximum absolute atomic E-state index is 12.5. The van der Waals surface area contributed by atoms with Gasteiger partial charge in [0.2, 0.25) is 6.79 Å². The van der Waals surface area contributed by atoms with Gasteiger partial charge in [0.15, 0.2) is 11.5 Å². The van der Waals surface area contributed by atoms with Crippen LogP contribution in [-0.4, -0.2) is 43.0 Å². The Morgan fingerprint density at radius 3 is 2.80 bits per heavy atom. The molecule has 3 rings (SSSR count). The van der Waals surface area contributed by atoms with Gasteiger partial charge in [-0.25, -0.2) is 4.79 Å². The summed E-state index contributed by atoms with van der Waals surface area (Å²) in [4.78, 5) is 18.2. The van der Waals surface area contributed by atoms with E-state index < -0.39 is 0 Å². The van der Waals surface area contributed by atoms with Gasteiger partial charge in [-0.1, -0.05) is 6.07 Å². The lowest BCUT2D eigenvalue weighted by Crippen LogP contribution is -2.40. The molecule has 2 aromatic rings. The number of rotatable bonds is 7. The molecular weight excluding hydrogens is 322 g/mol. The van der Waals surface area contributed by atoms with Crippen molar-refractivity contribution in [1.29, 1.82) is 0 Å². The van der Waals surface area contributed by atoms with Crippen LogP contribution in [0.5, 0.6) is 11.5 Å². The molecule has 2 heterocycles. The van der Waals surface area contributed by atoms with Crippen molar-refractivity contribution >= 4 is 6.03 Å². The number of nitrogens with one attached hydrogen (secondary N) is 1. The quantitative estimate of drug-likeness (QED) is 0.834. The van der Waals surface area contributed by atoms with Crippen LogP contribution >= 0.6 is 0 Å². The summed E-state index contributed by atoms with van der Waals surface area (Å²) in [6.45, 7) is 2.10. The van der Waals surface area contributed by atoms with Gasteiger partial charge >= 0.3 is 6.03 Å². The summed E-state index contributed by atoms with van der Waals surface area (Å²) in [5.74, 6) is 1.44. The molecule has 0 unspecified atom stereocenters. The maximum Gasteiger partial charge on any atom is 0.318 e. The number of fused-ring (bicyclic) bond motifs is 1. The standard InChI is InChI=1S/C18H21N3O4/c1-23-9-8-21(18(22)20-11-14-4-6-19-7-5-14)12-15-2-3-16-17(10-15)25-13-24-16/h2-7,10H,8-9,11-13H2,1H3,(H,20,22). The fourth-order valence-electron chi connectivity index (χ4n) is 2.50. The molecule has 0 fully saturated rings. The Morgan fingerprint density at radius 1 is 1.20 bits per heavy atom. The van der Waals surface area contributed by atoms with E-state index in [9.17, 15) is 4.79 Å². The summed E-state index contributed by atoms with van der Waals surface area (Å²) >= 11 is 0. The highest BCUT2D eigenvalue weighted by atomic mass is 16.7. The van der Waals surface area contributed by atoms with Crippen molar-refractivity contribution in [2.45, 2.75) is 13.1 Å². The van der Waals surface area contributed by atoms with Crippen LogP contribution in [-0.2, 0) is 17.8 Å². The van der Waals surface area contributed by atoms with Gasteiger partial charge in [-0.3, -0.25) is 4.98 Å². The van der Waals surface area contributed by atoms with Crippen molar-refractivity contribution in [1.82, 2.24) is 15.2 Å². The number of amides is 2. The summed E-state index contributed by atoms with van der Waals surface area (Å²) in [5, 5.41) is 2.93. The Balaban J connectivity index is 1.63. The second-order valence-electron chi connectivity index (χ2n) is 5.62. The molecule has 0 aliphatic carbocycles. The van der Waals surface area contributed by atoms with Crippen LogP contribution in [0, 0.1) is 0 Å². The molecule has 0 spiro atoms. The number of hydrogen-bond acceptors (Lipinski definition) is 5. The second kappa shape index (κ2) is 8.34. The van der Waals surface area contributed by atoms with E-state index in [0.717, 1.165) is 16.9 Å². The first kappa shape index (κ1) is 17.0. The Morgan fingerprint density at radius 2 is 2.00 bits per heavy atom. The predicted octanol–water partition coefficient (Wildman–Crippen LogP) is 2.17. The SMILES string of the molecule is COCCN(Cc1ccc2c(c1)OCO2)C(=O)NCc1ccncc1. The average Bonchev–Trinajstić information content (AvgIpc) is 3.11. The molecule has 0 atom stereocenters. The van der Waals surface area contributed by atoms with Crippen molar-refractivity contribution in [2.75, 3.05) is 27.1 Å². The van der Waals surface area contributed by atoms with E-state index in [1.807, 2.05) is 30.3 Å². The molecule has 7 heteroatoms. The molecule has 2 amide bonds. The van der Waals surface area contributed by atoms with Gasteiger partial charge in [-0.05, 0) is 35.4 Å². The number of ether oxygens (including phenoxy) is 3. The fraction of sp³-hybridized carbons (Fsp3) is 0.333. The molecule has 1 aliphatic heterocycles. The van der Waals surface area contributed by atoms with Crippen LogP contribution in [0.1, 0.15) is 11.1 Å². The minimum atomic E-state index is -0.147. The minimum absolute atomic E-state index is 0.147. The second-order valence-corrected chi connectivity index (χ2v) is 5.62. The Labute approximate surface area is 146 Å². The summed E-state index contributed by atoms with van der Waals surface area (Å²) in [6, 6.07) is 9.30. The molecule has 1 aromatic carbocycles. The van der Waals surface area contributed by atoms with E-state index in [1.165, 1.54) is 0 Å². The third-order valence-corrected chi connectivity index (χ3v) is 3.86. The third-order valence-electron chi connectivity index (χ3n) is 3.86. The fourth-order valence-corrected chi connectivity index (χ4v) is 2.50. The summed E-state index contributed by atoms with van der Waals surface area (Å²) in [5.41, 5.74) is 1.97. The Bertz CT molecular complexity index is 709. The van der Waals surface area contributed by atoms with Gasteiger partial charge in [0, 0.05) is 39.1 Å². The van der Waals surface area contributed by atoms with Gasteiger partial charge in [-0.15, -0.1) is 0 Å². The van der Waals surface area contributed by atoms with Crippen LogP contribution in [0.2, 0.25) is 0 Å². The molecule has 0 saturated heterocycles. The van der Waals surface area contributed by atoms with Crippen molar-refractivity contribution in [3.63, 3.8) is 0 Å². The number of nitrogens with zero attached hydrogens (tertiary/aromatic N) is 2. The first-order valence-corrected chi connectivity index (χ1v) is 8.05. The van der Waals surface area contributed by atoms with Crippen LogP contribution < -0.4 is 14.8 Å². The van der Waals surface area contributed by atoms with Gasteiger partial charge < -0.3 is 24.4 Å². The molecule has 1 N–H and O–H groups in total. The highest BCUT2D eigenvalue weighted by molar-refractivity contribution is 5.74. The van der Waals surface area contributed by atoms with Crippen LogP contribution in [0.3, 0.4) is 0 Å². The molecule has 1 aliphatic rings. The third kappa shape index (κ3) is 4.60. The first-order chi connectivity index (χ1) is 12.3. The molecule has 132 valence electrons. The van der Waals surface area contributed by atoms with Crippen LogP contribution in [0.25, 0.3) is 0 Å². The van der Waals surface area contributed by atoms with E-state index in [1.54, 1.807) is 24.4 Å². The first-order valence-electron chi connectivity index (χ1n) is 8.05. The van der Waals surface area contributed by atoms with Crippen molar-refractivity contribution in [3.05, 3.63) is 53.9 Å². The highest BCUT2D eigenvalue weighted by Crippen LogP contribution is 2.32. The molecule has 0 bridgehead atoms. The number of benzene rings is 1. The zero-order valence-corrected chi connectivity index (χ0v) is 14.1. The molecule has 1 aromatic heterocycles. The topological polar surface area (TPSA) is 72.9 Å². The maximum atomic E-state index is 12.5. The molecule has 25 heavy (non-hydrogen) atoms. The summed E-state index contributed by atoms with van der Waals surface area (Å²) < 4.78 is 15.8. The number of urea groups is 1. The number of carbonyl (C=O) groups excluding carboxylic acids is 1. The smallest absolute Gasteiger partial charge is 0.318 e. The normalized spacial score (nSPS) is 12.0. The number of pyridine rings is 1. The molecule has 0 radical (unpaired) electrons. The predicted molar refractivity (Wildman–Crippen MR) is 91.3 cm³/mol.